The van der Waals surface area contributed by atoms with E-state index in [2.05, 4.69) is 39.7 Å². The maximum atomic E-state index is 13.1. The van der Waals surface area contributed by atoms with Crippen molar-refractivity contribution < 1.29 is 14.7 Å². The molecule has 2 heterocycles. The van der Waals surface area contributed by atoms with E-state index in [1.807, 2.05) is 6.07 Å². The van der Waals surface area contributed by atoms with Gasteiger partial charge in [-0.1, -0.05) is 60.8 Å². The third-order valence-corrected chi connectivity index (χ3v) is 6.72. The maximum absolute atomic E-state index is 13.1. The highest BCUT2D eigenvalue weighted by atomic mass is 79.9. The molecule has 182 valence electrons. The monoisotopic (exact) mass is 527 g/mol. The van der Waals surface area contributed by atoms with Crippen LogP contribution < -0.4 is 0 Å². The summed E-state index contributed by atoms with van der Waals surface area (Å²) >= 11 is 3.39. The largest absolute Gasteiger partial charge is 0.507 e. The zero-order valence-electron chi connectivity index (χ0n) is 20.0. The normalized spacial score (nSPS) is 17.6. The number of halogens is 1. The minimum Gasteiger partial charge on any atom is -0.507 e. The van der Waals surface area contributed by atoms with Gasteiger partial charge in [-0.05, 0) is 62.7 Å². The Morgan fingerprint density at radius 3 is 2.26 bits per heavy atom. The van der Waals surface area contributed by atoms with Gasteiger partial charge in [0.2, 0.25) is 0 Å². The summed E-state index contributed by atoms with van der Waals surface area (Å²) in [7, 11) is 0. The molecule has 1 atom stereocenters. The molecule has 34 heavy (non-hydrogen) atoms. The first-order valence-corrected chi connectivity index (χ1v) is 12.9. The van der Waals surface area contributed by atoms with Crippen molar-refractivity contribution in [3.8, 4) is 0 Å². The first kappa shape index (κ1) is 26.1. The minimum absolute atomic E-state index is 0.120. The summed E-state index contributed by atoms with van der Waals surface area (Å²) in [6, 6.07) is 10.0. The Kier molecular flexibility index (Phi) is 9.84. The van der Waals surface area contributed by atoms with Crippen molar-refractivity contribution in [1.82, 2.24) is 14.8 Å². The van der Waals surface area contributed by atoms with Gasteiger partial charge in [0.1, 0.15) is 5.76 Å². The van der Waals surface area contributed by atoms with E-state index in [-0.39, 0.29) is 11.3 Å². The second-order valence-electron chi connectivity index (χ2n) is 8.69. The topological polar surface area (TPSA) is 73.7 Å². The van der Waals surface area contributed by atoms with Gasteiger partial charge in [-0.2, -0.15) is 0 Å². The lowest BCUT2D eigenvalue weighted by atomic mass is 9.96. The number of nitrogens with zero attached hydrogens (tertiary/aromatic N) is 3. The summed E-state index contributed by atoms with van der Waals surface area (Å²) in [5.74, 6) is -1.38. The molecule has 1 fully saturated rings. The van der Waals surface area contributed by atoms with E-state index in [1.165, 1.54) is 0 Å². The Hall–Kier alpha value is -2.51. The van der Waals surface area contributed by atoms with E-state index in [0.717, 1.165) is 56.2 Å². The molecule has 0 spiro atoms. The number of Topliss-reactive ketones (excluding diaryl/α,β-unsaturated/α-hetero) is 1. The molecule has 1 unspecified atom stereocenters. The molecule has 3 rings (SSSR count). The molecule has 1 saturated heterocycles. The highest BCUT2D eigenvalue weighted by molar-refractivity contribution is 9.10. The average molecular weight is 528 g/mol. The number of aliphatic hydroxyl groups is 1. The van der Waals surface area contributed by atoms with E-state index in [9.17, 15) is 14.7 Å². The number of unbranched alkanes of at least 4 members (excludes halogenated alkanes) is 2. The van der Waals surface area contributed by atoms with Crippen LogP contribution in [-0.4, -0.2) is 57.8 Å². The average Bonchev–Trinajstić information content (AvgIpc) is 3.11. The number of benzene rings is 1. The van der Waals surface area contributed by atoms with Crippen LogP contribution in [0.1, 0.15) is 63.1 Å². The number of hydrogen-bond acceptors (Lipinski definition) is 5. The summed E-state index contributed by atoms with van der Waals surface area (Å²) in [5.41, 5.74) is 1.34. The summed E-state index contributed by atoms with van der Waals surface area (Å²) in [6.07, 6.45) is 8.67. The number of aromatic nitrogens is 1. The van der Waals surface area contributed by atoms with Crippen LogP contribution in [0.2, 0.25) is 0 Å². The first-order valence-electron chi connectivity index (χ1n) is 12.1. The van der Waals surface area contributed by atoms with Crippen molar-refractivity contribution in [2.75, 3.05) is 26.2 Å². The van der Waals surface area contributed by atoms with Crippen LogP contribution >= 0.6 is 15.9 Å². The van der Waals surface area contributed by atoms with Crippen molar-refractivity contribution >= 4 is 33.4 Å². The summed E-state index contributed by atoms with van der Waals surface area (Å²) < 4.78 is 0.865. The summed E-state index contributed by atoms with van der Waals surface area (Å²) in [5, 5.41) is 11.1. The number of aliphatic hydroxyl groups excluding tert-OH is 1. The summed E-state index contributed by atoms with van der Waals surface area (Å²) in [4.78, 5) is 34.5. The fourth-order valence-corrected chi connectivity index (χ4v) is 4.59. The van der Waals surface area contributed by atoms with Gasteiger partial charge < -0.3 is 14.9 Å². The number of hydrogen-bond donors (Lipinski definition) is 1. The van der Waals surface area contributed by atoms with E-state index in [0.29, 0.717) is 17.7 Å². The predicted octanol–water partition coefficient (Wildman–Crippen LogP) is 5.56. The van der Waals surface area contributed by atoms with Gasteiger partial charge in [-0.25, -0.2) is 0 Å². The number of ketones is 1. The zero-order chi connectivity index (χ0) is 24.5. The van der Waals surface area contributed by atoms with Crippen LogP contribution in [0.15, 0.2) is 58.8 Å². The molecule has 0 aliphatic carbocycles. The molecule has 0 saturated carbocycles. The van der Waals surface area contributed by atoms with Crippen molar-refractivity contribution in [2.45, 2.75) is 52.0 Å². The number of likely N-dealkylation sites (tertiary alicyclic amines) is 1. The quantitative estimate of drug-likeness (QED) is 0.222. The molecule has 1 amide bonds. The fourth-order valence-electron chi connectivity index (χ4n) is 4.32. The van der Waals surface area contributed by atoms with Crippen LogP contribution in [0.5, 0.6) is 0 Å². The zero-order valence-corrected chi connectivity index (χ0v) is 21.6. The SMILES string of the molecule is CCCCN(CCCC)CCCN1C(=O)C(=O)C(=C(O)c2ccc(Br)cc2)C1c1cccnc1. The van der Waals surface area contributed by atoms with Crippen LogP contribution in [0, 0.1) is 0 Å². The number of carbonyl (C=O) groups is 2. The van der Waals surface area contributed by atoms with Gasteiger partial charge in [-0.3, -0.25) is 14.6 Å². The molecule has 2 aromatic rings. The Bertz CT molecular complexity index is 984. The molecule has 7 heteroatoms. The Balaban J connectivity index is 1.87. The standard InChI is InChI=1S/C27H34BrN3O3/c1-3-5-15-30(16-6-4-2)17-8-18-31-24(21-9-7-14-29-19-21)23(26(33)27(31)34)25(32)20-10-12-22(28)13-11-20/h7,9-14,19,24,32H,3-6,8,15-18H2,1-2H3. The van der Waals surface area contributed by atoms with E-state index < -0.39 is 17.7 Å². The third kappa shape index (κ3) is 6.33. The number of pyridine rings is 1. The highest BCUT2D eigenvalue weighted by Crippen LogP contribution is 2.39. The van der Waals surface area contributed by atoms with Gasteiger partial charge in [0.15, 0.2) is 0 Å². The molecule has 1 aliphatic heterocycles. The molecule has 1 N–H and O–H groups in total. The second-order valence-corrected chi connectivity index (χ2v) is 9.60. The molecule has 1 aromatic carbocycles. The van der Waals surface area contributed by atoms with Crippen LogP contribution in [0.3, 0.4) is 0 Å². The van der Waals surface area contributed by atoms with Crippen LogP contribution in [0.4, 0.5) is 0 Å². The molecule has 6 nitrogen and oxygen atoms in total. The van der Waals surface area contributed by atoms with Crippen LogP contribution in [-0.2, 0) is 9.59 Å². The third-order valence-electron chi connectivity index (χ3n) is 6.19. The van der Waals surface area contributed by atoms with E-state index >= 15 is 0 Å². The molecule has 1 aliphatic rings. The molecule has 1 aromatic heterocycles. The first-order chi connectivity index (χ1) is 16.5. The second kappa shape index (κ2) is 12.8. The highest BCUT2D eigenvalue weighted by Gasteiger charge is 2.45. The smallest absolute Gasteiger partial charge is 0.295 e. The van der Waals surface area contributed by atoms with E-state index in [1.54, 1.807) is 47.6 Å². The minimum atomic E-state index is -0.655. The van der Waals surface area contributed by atoms with Gasteiger partial charge in [0.05, 0.1) is 11.6 Å². The van der Waals surface area contributed by atoms with Gasteiger partial charge in [-0.15, -0.1) is 0 Å². The van der Waals surface area contributed by atoms with E-state index in [4.69, 9.17) is 0 Å². The lowest BCUT2D eigenvalue weighted by molar-refractivity contribution is -0.140. The summed E-state index contributed by atoms with van der Waals surface area (Å²) in [6.45, 7) is 7.79. The van der Waals surface area contributed by atoms with Crippen molar-refractivity contribution in [1.29, 1.82) is 0 Å². The Morgan fingerprint density at radius 1 is 1.03 bits per heavy atom. The molecule has 0 bridgehead atoms. The molecular formula is C27H34BrN3O3. The number of carbonyl (C=O) groups excluding carboxylic acids is 2. The van der Waals surface area contributed by atoms with Crippen LogP contribution in [0.25, 0.3) is 5.76 Å². The fraction of sp³-hybridized carbons (Fsp3) is 0.444. The van der Waals surface area contributed by atoms with Crippen molar-refractivity contribution in [2.24, 2.45) is 0 Å². The Labute approximate surface area is 210 Å². The number of rotatable bonds is 12. The lowest BCUT2D eigenvalue weighted by Gasteiger charge is -2.27. The number of amides is 1. The Morgan fingerprint density at radius 2 is 1.68 bits per heavy atom. The molecule has 0 radical (unpaired) electrons. The lowest BCUT2D eigenvalue weighted by Crippen LogP contribution is -2.34. The predicted molar refractivity (Wildman–Crippen MR) is 138 cm³/mol. The van der Waals surface area contributed by atoms with Gasteiger partial charge in [0, 0.05) is 29.0 Å². The van der Waals surface area contributed by atoms with Gasteiger partial charge >= 0.3 is 0 Å². The van der Waals surface area contributed by atoms with Gasteiger partial charge in [0.25, 0.3) is 11.7 Å². The molecular weight excluding hydrogens is 494 g/mol. The van der Waals surface area contributed by atoms with Crippen molar-refractivity contribution in [3.05, 3.63) is 70.0 Å². The van der Waals surface area contributed by atoms with Crippen molar-refractivity contribution in [3.63, 3.8) is 0 Å². The maximum Gasteiger partial charge on any atom is 0.295 e.